The van der Waals surface area contributed by atoms with Crippen molar-refractivity contribution in [2.45, 2.75) is 6.18 Å². The van der Waals surface area contributed by atoms with Gasteiger partial charge in [0.1, 0.15) is 11.5 Å². The van der Waals surface area contributed by atoms with Crippen LogP contribution in [-0.2, 0) is 20.3 Å². The van der Waals surface area contributed by atoms with Crippen LogP contribution in [0.2, 0.25) is 0 Å². The monoisotopic (exact) mass is 721 g/mol. The zero-order valence-electron chi connectivity index (χ0n) is 28.1. The van der Waals surface area contributed by atoms with E-state index in [0.29, 0.717) is 46.3 Å². The number of alkyl halides is 3. The first-order valence-electron chi connectivity index (χ1n) is 15.7. The largest absolute Gasteiger partial charge is 0.439 e. The second-order valence-electron chi connectivity index (χ2n) is 11.2. The topological polar surface area (TPSA) is 173 Å². The van der Waals surface area contributed by atoms with Crippen LogP contribution < -0.4 is 25.8 Å². The smallest absolute Gasteiger partial charge is 0.416 e. The van der Waals surface area contributed by atoms with Crippen molar-refractivity contribution in [2.24, 2.45) is 14.1 Å². The number of nitrogens with one attached hydrogen (secondary N) is 2. The second kappa shape index (κ2) is 15.7. The SMILES string of the molecule is Cn1cc(-c2nccc(Oc3ccc(N)cc3)n2)cn1.Cn1cc(-c2nccc(Oc3ccc(NC(=O)Nc4ccc(C(F)(F)F)cc4)cc3)n2)cn1. The summed E-state index contributed by atoms with van der Waals surface area (Å²) in [6.45, 7) is 0. The van der Waals surface area contributed by atoms with Crippen LogP contribution in [0.5, 0.6) is 23.3 Å². The van der Waals surface area contributed by atoms with Gasteiger partial charge >= 0.3 is 12.2 Å². The number of amides is 2. The van der Waals surface area contributed by atoms with Crippen LogP contribution in [-0.4, -0.2) is 45.5 Å². The van der Waals surface area contributed by atoms with Crippen molar-refractivity contribution in [3.8, 4) is 46.0 Å². The molecule has 17 heteroatoms. The predicted molar refractivity (Wildman–Crippen MR) is 190 cm³/mol. The Balaban J connectivity index is 0.000000204. The molecule has 0 aliphatic rings. The fourth-order valence-corrected chi connectivity index (χ4v) is 4.57. The van der Waals surface area contributed by atoms with Gasteiger partial charge in [0, 0.05) is 68.1 Å². The van der Waals surface area contributed by atoms with Crippen LogP contribution in [0.1, 0.15) is 5.56 Å². The van der Waals surface area contributed by atoms with Crippen LogP contribution in [0.4, 0.5) is 35.0 Å². The molecular weight excluding hydrogens is 691 g/mol. The normalized spacial score (nSPS) is 10.9. The highest BCUT2D eigenvalue weighted by Crippen LogP contribution is 2.30. The first-order chi connectivity index (χ1) is 25.5. The minimum absolute atomic E-state index is 0.230. The number of urea groups is 1. The lowest BCUT2D eigenvalue weighted by Crippen LogP contribution is -2.19. The van der Waals surface area contributed by atoms with Crippen LogP contribution in [0, 0.1) is 0 Å². The second-order valence-corrected chi connectivity index (χ2v) is 11.2. The number of carbonyl (C=O) groups is 1. The van der Waals surface area contributed by atoms with E-state index in [1.165, 1.54) is 12.1 Å². The summed E-state index contributed by atoms with van der Waals surface area (Å²) in [6, 6.07) is 20.5. The van der Waals surface area contributed by atoms with E-state index in [-0.39, 0.29) is 5.69 Å². The first kappa shape index (κ1) is 35.5. The van der Waals surface area contributed by atoms with E-state index in [1.807, 2.05) is 13.2 Å². The molecule has 0 saturated carbocycles. The summed E-state index contributed by atoms with van der Waals surface area (Å²) < 4.78 is 52.6. The molecule has 7 rings (SSSR count). The number of rotatable bonds is 8. The van der Waals surface area contributed by atoms with Crippen LogP contribution in [0.3, 0.4) is 0 Å². The fourth-order valence-electron chi connectivity index (χ4n) is 4.57. The van der Waals surface area contributed by atoms with Gasteiger partial charge in [-0.05, 0) is 72.8 Å². The number of hydrogen-bond donors (Lipinski definition) is 3. The highest BCUT2D eigenvalue weighted by molar-refractivity contribution is 5.99. The lowest BCUT2D eigenvalue weighted by Gasteiger charge is -2.10. The lowest BCUT2D eigenvalue weighted by molar-refractivity contribution is -0.137. The van der Waals surface area contributed by atoms with Crippen molar-refractivity contribution in [2.75, 3.05) is 16.4 Å². The van der Waals surface area contributed by atoms with Crippen LogP contribution in [0.15, 0.2) is 122 Å². The number of ether oxygens (including phenoxy) is 2. The number of nitrogens with zero attached hydrogens (tertiary/aromatic N) is 8. The van der Waals surface area contributed by atoms with Gasteiger partial charge < -0.3 is 25.8 Å². The third-order valence-electron chi connectivity index (χ3n) is 7.09. The Hall–Kier alpha value is -7.30. The van der Waals surface area contributed by atoms with E-state index in [0.717, 1.165) is 23.3 Å². The van der Waals surface area contributed by atoms with Crippen molar-refractivity contribution < 1.29 is 27.4 Å². The van der Waals surface area contributed by atoms with Crippen LogP contribution >= 0.6 is 0 Å². The Bertz CT molecular complexity index is 2290. The van der Waals surface area contributed by atoms with Crippen molar-refractivity contribution in [3.05, 3.63) is 128 Å². The maximum Gasteiger partial charge on any atom is 0.416 e. The molecule has 3 aromatic carbocycles. The predicted octanol–water partition coefficient (Wildman–Crippen LogP) is 7.58. The summed E-state index contributed by atoms with van der Waals surface area (Å²) in [5.41, 5.74) is 7.82. The highest BCUT2D eigenvalue weighted by Gasteiger charge is 2.30. The summed E-state index contributed by atoms with van der Waals surface area (Å²) in [5, 5.41) is 13.3. The van der Waals surface area contributed by atoms with Gasteiger partial charge in [-0.25, -0.2) is 14.8 Å². The Labute approximate surface area is 300 Å². The van der Waals surface area contributed by atoms with Crippen molar-refractivity contribution >= 4 is 23.1 Å². The summed E-state index contributed by atoms with van der Waals surface area (Å²) >= 11 is 0. The molecule has 14 nitrogen and oxygen atoms in total. The lowest BCUT2D eigenvalue weighted by atomic mass is 10.2. The van der Waals surface area contributed by atoms with Gasteiger partial charge in [-0.2, -0.15) is 33.3 Å². The molecule has 0 unspecified atom stereocenters. The van der Waals surface area contributed by atoms with Gasteiger partial charge in [0.2, 0.25) is 11.8 Å². The Morgan fingerprint density at radius 1 is 0.660 bits per heavy atom. The molecule has 0 atom stereocenters. The third kappa shape index (κ3) is 9.91. The fraction of sp³-hybridized carbons (Fsp3) is 0.0833. The Morgan fingerprint density at radius 3 is 1.51 bits per heavy atom. The molecule has 0 aliphatic heterocycles. The minimum Gasteiger partial charge on any atom is -0.439 e. The average molecular weight is 722 g/mol. The Kier molecular flexibility index (Phi) is 10.5. The number of aryl methyl sites for hydroxylation is 2. The van der Waals surface area contributed by atoms with Crippen molar-refractivity contribution in [1.29, 1.82) is 0 Å². The Morgan fingerprint density at radius 2 is 1.09 bits per heavy atom. The van der Waals surface area contributed by atoms with Crippen LogP contribution in [0.25, 0.3) is 22.8 Å². The zero-order chi connectivity index (χ0) is 37.4. The third-order valence-corrected chi connectivity index (χ3v) is 7.09. The summed E-state index contributed by atoms with van der Waals surface area (Å²) in [5.74, 6) is 3.02. The number of anilines is 3. The standard InChI is InChI=1S/C22H17F3N6O2.C14H13N5O/c1-31-13-14(12-27-31)20-26-11-10-19(30-20)33-18-8-6-17(7-9-18)29-21(32)28-16-4-2-15(3-5-16)22(23,24)25;1-19-9-10(8-17-19)14-16-7-6-13(18-14)20-12-4-2-11(15)3-5-12/h2-13H,1H3,(H2,28,29,32);2-9H,15H2,1H3. The zero-order valence-corrected chi connectivity index (χ0v) is 28.1. The minimum atomic E-state index is -4.43. The molecule has 268 valence electrons. The van der Waals surface area contributed by atoms with Gasteiger partial charge in [0.05, 0.1) is 29.1 Å². The number of nitrogen functional groups attached to an aromatic ring is 1. The summed E-state index contributed by atoms with van der Waals surface area (Å²) in [7, 11) is 3.64. The van der Waals surface area contributed by atoms with Gasteiger partial charge in [0.15, 0.2) is 11.6 Å². The molecule has 53 heavy (non-hydrogen) atoms. The van der Waals surface area contributed by atoms with Crippen molar-refractivity contribution in [3.63, 3.8) is 0 Å². The molecule has 7 aromatic rings. The quantitative estimate of drug-likeness (QED) is 0.133. The number of nitrogens with two attached hydrogens (primary N) is 1. The van der Waals surface area contributed by atoms with E-state index in [2.05, 4.69) is 40.8 Å². The number of halogens is 3. The first-order valence-corrected chi connectivity index (χ1v) is 15.7. The number of hydrogen-bond acceptors (Lipinski definition) is 10. The molecular formula is C36H30F3N11O3. The van der Waals surface area contributed by atoms with E-state index in [1.54, 1.807) is 108 Å². The number of aromatic nitrogens is 8. The van der Waals surface area contributed by atoms with E-state index < -0.39 is 17.8 Å². The van der Waals surface area contributed by atoms with Gasteiger partial charge in [-0.3, -0.25) is 9.36 Å². The molecule has 0 aliphatic carbocycles. The van der Waals surface area contributed by atoms with Gasteiger partial charge in [-0.1, -0.05) is 0 Å². The molecule has 0 saturated heterocycles. The summed E-state index contributed by atoms with van der Waals surface area (Å²) in [4.78, 5) is 29.2. The molecule has 0 bridgehead atoms. The van der Waals surface area contributed by atoms with Crippen molar-refractivity contribution in [1.82, 2.24) is 39.5 Å². The molecule has 0 fully saturated rings. The number of carbonyl (C=O) groups excluding carboxylic acids is 1. The summed E-state index contributed by atoms with van der Waals surface area (Å²) in [6.07, 6.45) is 5.79. The molecule has 0 radical (unpaired) electrons. The van der Waals surface area contributed by atoms with E-state index in [9.17, 15) is 18.0 Å². The van der Waals surface area contributed by atoms with E-state index in [4.69, 9.17) is 15.2 Å². The molecule has 4 N–H and O–H groups in total. The van der Waals surface area contributed by atoms with Gasteiger partial charge in [-0.15, -0.1) is 0 Å². The molecule has 4 aromatic heterocycles. The molecule has 2 amide bonds. The molecule has 4 heterocycles. The highest BCUT2D eigenvalue weighted by atomic mass is 19.4. The maximum atomic E-state index is 12.6. The molecule has 0 spiro atoms. The van der Waals surface area contributed by atoms with E-state index >= 15 is 0 Å². The maximum absolute atomic E-state index is 12.6. The average Bonchev–Trinajstić information content (AvgIpc) is 3.78. The number of benzene rings is 3. The van der Waals surface area contributed by atoms with Gasteiger partial charge in [0.25, 0.3) is 0 Å².